The summed E-state index contributed by atoms with van der Waals surface area (Å²) in [5.74, 6) is 0.413. The van der Waals surface area contributed by atoms with Crippen molar-refractivity contribution in [2.75, 3.05) is 19.7 Å². The van der Waals surface area contributed by atoms with E-state index in [1.807, 2.05) is 36.4 Å². The van der Waals surface area contributed by atoms with Crippen LogP contribution in [0.5, 0.6) is 0 Å². The SMILES string of the molecule is O=C(Cc1ccc(C2CCNC2)cc1)OCCc1cccc(Cl)c1. The van der Waals surface area contributed by atoms with Gasteiger partial charge in [0.15, 0.2) is 0 Å². The lowest BCUT2D eigenvalue weighted by atomic mass is 9.97. The Morgan fingerprint density at radius 1 is 1.17 bits per heavy atom. The molecule has 2 aromatic carbocycles. The first kappa shape index (κ1) is 17.0. The number of hydrogen-bond donors (Lipinski definition) is 1. The lowest BCUT2D eigenvalue weighted by Crippen LogP contribution is -2.11. The minimum atomic E-state index is -0.188. The third-order valence-electron chi connectivity index (χ3n) is 4.40. The summed E-state index contributed by atoms with van der Waals surface area (Å²) in [5.41, 5.74) is 3.42. The van der Waals surface area contributed by atoms with E-state index in [1.54, 1.807) is 0 Å². The minimum Gasteiger partial charge on any atom is -0.465 e. The molecule has 0 amide bonds. The Hall–Kier alpha value is -1.84. The molecule has 0 saturated carbocycles. The van der Waals surface area contributed by atoms with Gasteiger partial charge in [-0.25, -0.2) is 0 Å². The van der Waals surface area contributed by atoms with E-state index in [2.05, 4.69) is 17.4 Å². The van der Waals surface area contributed by atoms with E-state index in [4.69, 9.17) is 16.3 Å². The summed E-state index contributed by atoms with van der Waals surface area (Å²) in [7, 11) is 0. The highest BCUT2D eigenvalue weighted by Crippen LogP contribution is 2.22. The van der Waals surface area contributed by atoms with E-state index in [0.29, 0.717) is 30.4 Å². The summed E-state index contributed by atoms with van der Waals surface area (Å²) in [6.45, 7) is 2.52. The quantitative estimate of drug-likeness (QED) is 0.812. The van der Waals surface area contributed by atoms with E-state index in [1.165, 1.54) is 12.0 Å². The van der Waals surface area contributed by atoms with E-state index < -0.39 is 0 Å². The molecule has 24 heavy (non-hydrogen) atoms. The van der Waals surface area contributed by atoms with Gasteiger partial charge >= 0.3 is 5.97 Å². The van der Waals surface area contributed by atoms with Crippen LogP contribution in [0.1, 0.15) is 29.0 Å². The van der Waals surface area contributed by atoms with Gasteiger partial charge in [-0.2, -0.15) is 0 Å². The van der Waals surface area contributed by atoms with E-state index in [0.717, 1.165) is 24.2 Å². The Kier molecular flexibility index (Phi) is 5.89. The first-order valence-electron chi connectivity index (χ1n) is 8.40. The second kappa shape index (κ2) is 8.32. The molecule has 4 heteroatoms. The summed E-state index contributed by atoms with van der Waals surface area (Å²) in [6, 6.07) is 15.9. The predicted octanol–water partition coefficient (Wildman–Crippen LogP) is 3.75. The first-order chi connectivity index (χ1) is 11.7. The summed E-state index contributed by atoms with van der Waals surface area (Å²) in [4.78, 5) is 12.0. The molecular weight excluding hydrogens is 322 g/mol. The fraction of sp³-hybridized carbons (Fsp3) is 0.350. The van der Waals surface area contributed by atoms with Gasteiger partial charge in [-0.05, 0) is 47.7 Å². The van der Waals surface area contributed by atoms with Crippen molar-refractivity contribution in [3.63, 3.8) is 0 Å². The number of halogens is 1. The van der Waals surface area contributed by atoms with Gasteiger partial charge in [-0.15, -0.1) is 0 Å². The molecule has 1 unspecified atom stereocenters. The molecule has 1 atom stereocenters. The highest BCUT2D eigenvalue weighted by atomic mass is 35.5. The second-order valence-electron chi connectivity index (χ2n) is 6.21. The third-order valence-corrected chi connectivity index (χ3v) is 4.64. The van der Waals surface area contributed by atoms with Crippen LogP contribution in [0, 0.1) is 0 Å². The van der Waals surface area contributed by atoms with Crippen molar-refractivity contribution in [3.8, 4) is 0 Å². The maximum Gasteiger partial charge on any atom is 0.310 e. The fourth-order valence-electron chi connectivity index (χ4n) is 3.04. The molecule has 1 N–H and O–H groups in total. The van der Waals surface area contributed by atoms with Gasteiger partial charge in [0.25, 0.3) is 0 Å². The normalized spacial score (nSPS) is 17.0. The number of carbonyl (C=O) groups excluding carboxylic acids is 1. The molecule has 126 valence electrons. The zero-order chi connectivity index (χ0) is 16.8. The molecule has 0 bridgehead atoms. The smallest absolute Gasteiger partial charge is 0.310 e. The number of ether oxygens (including phenoxy) is 1. The maximum absolute atomic E-state index is 12.0. The van der Waals surface area contributed by atoms with Crippen molar-refractivity contribution in [3.05, 3.63) is 70.2 Å². The largest absolute Gasteiger partial charge is 0.465 e. The van der Waals surface area contributed by atoms with Crippen LogP contribution in [0.4, 0.5) is 0 Å². The zero-order valence-corrected chi connectivity index (χ0v) is 14.4. The summed E-state index contributed by atoms with van der Waals surface area (Å²) in [5, 5.41) is 4.08. The Bertz CT molecular complexity index is 678. The third kappa shape index (κ3) is 4.83. The zero-order valence-electron chi connectivity index (χ0n) is 13.6. The van der Waals surface area contributed by atoms with Crippen LogP contribution in [0.2, 0.25) is 5.02 Å². The molecule has 0 radical (unpaired) electrons. The molecule has 1 heterocycles. The van der Waals surface area contributed by atoms with Crippen LogP contribution in [0.3, 0.4) is 0 Å². The average molecular weight is 344 g/mol. The highest BCUT2D eigenvalue weighted by Gasteiger charge is 2.16. The van der Waals surface area contributed by atoms with Crippen molar-refractivity contribution < 1.29 is 9.53 Å². The molecule has 2 aromatic rings. The minimum absolute atomic E-state index is 0.188. The van der Waals surface area contributed by atoms with Crippen LogP contribution >= 0.6 is 11.6 Å². The number of carbonyl (C=O) groups is 1. The molecule has 1 saturated heterocycles. The van der Waals surface area contributed by atoms with Crippen molar-refractivity contribution in [1.82, 2.24) is 5.32 Å². The standard InChI is InChI=1S/C20H22ClNO2/c21-19-3-1-2-15(12-19)9-11-24-20(23)13-16-4-6-17(7-5-16)18-8-10-22-14-18/h1-7,12,18,22H,8-11,13-14H2. The number of benzene rings is 2. The topological polar surface area (TPSA) is 38.3 Å². The molecule has 1 aliphatic heterocycles. The van der Waals surface area contributed by atoms with Crippen LogP contribution in [0.25, 0.3) is 0 Å². The predicted molar refractivity (Wildman–Crippen MR) is 96.5 cm³/mol. The van der Waals surface area contributed by atoms with Crippen LogP contribution in [0.15, 0.2) is 48.5 Å². The van der Waals surface area contributed by atoms with Crippen molar-refractivity contribution in [1.29, 1.82) is 0 Å². The van der Waals surface area contributed by atoms with E-state index >= 15 is 0 Å². The van der Waals surface area contributed by atoms with Crippen molar-refractivity contribution >= 4 is 17.6 Å². The first-order valence-corrected chi connectivity index (χ1v) is 8.78. The monoisotopic (exact) mass is 343 g/mol. The van der Waals surface area contributed by atoms with Crippen molar-refractivity contribution in [2.24, 2.45) is 0 Å². The van der Waals surface area contributed by atoms with Gasteiger partial charge in [0.1, 0.15) is 0 Å². The number of esters is 1. The average Bonchev–Trinajstić information content (AvgIpc) is 3.10. The summed E-state index contributed by atoms with van der Waals surface area (Å²) < 4.78 is 5.33. The number of nitrogens with one attached hydrogen (secondary N) is 1. The molecule has 1 fully saturated rings. The highest BCUT2D eigenvalue weighted by molar-refractivity contribution is 6.30. The van der Waals surface area contributed by atoms with Crippen molar-refractivity contribution in [2.45, 2.75) is 25.2 Å². The van der Waals surface area contributed by atoms with Gasteiger partial charge in [0.05, 0.1) is 13.0 Å². The van der Waals surface area contributed by atoms with Gasteiger partial charge < -0.3 is 10.1 Å². The molecular formula is C20H22ClNO2. The molecule has 1 aliphatic rings. The second-order valence-corrected chi connectivity index (χ2v) is 6.64. The van der Waals surface area contributed by atoms with E-state index in [-0.39, 0.29) is 5.97 Å². The fourth-order valence-corrected chi connectivity index (χ4v) is 3.25. The lowest BCUT2D eigenvalue weighted by molar-refractivity contribution is -0.142. The molecule has 0 aliphatic carbocycles. The maximum atomic E-state index is 12.0. The Morgan fingerprint density at radius 2 is 2.00 bits per heavy atom. The molecule has 3 nitrogen and oxygen atoms in total. The number of hydrogen-bond acceptors (Lipinski definition) is 3. The Labute approximate surface area is 148 Å². The summed E-state index contributed by atoms with van der Waals surface area (Å²) in [6.07, 6.45) is 2.18. The molecule has 0 spiro atoms. The van der Waals surface area contributed by atoms with Crippen LogP contribution in [-0.2, 0) is 22.4 Å². The number of rotatable bonds is 6. The molecule has 0 aromatic heterocycles. The molecule has 3 rings (SSSR count). The van der Waals surface area contributed by atoms with Gasteiger partial charge in [0, 0.05) is 18.0 Å². The van der Waals surface area contributed by atoms with Gasteiger partial charge in [-0.3, -0.25) is 4.79 Å². The van der Waals surface area contributed by atoms with Crippen LogP contribution < -0.4 is 5.32 Å². The van der Waals surface area contributed by atoms with E-state index in [9.17, 15) is 4.79 Å². The Balaban J connectivity index is 1.44. The van der Waals surface area contributed by atoms with Gasteiger partial charge in [-0.1, -0.05) is 48.0 Å². The summed E-state index contributed by atoms with van der Waals surface area (Å²) >= 11 is 5.94. The van der Waals surface area contributed by atoms with Crippen LogP contribution in [-0.4, -0.2) is 25.7 Å². The lowest BCUT2D eigenvalue weighted by Gasteiger charge is -2.10. The van der Waals surface area contributed by atoms with Gasteiger partial charge in [0.2, 0.25) is 0 Å². The Morgan fingerprint density at radius 3 is 2.71 bits per heavy atom.